The van der Waals surface area contributed by atoms with Gasteiger partial charge in [0.2, 0.25) is 0 Å². The number of ether oxygens (including phenoxy) is 1. The molecule has 0 aromatic heterocycles. The minimum absolute atomic E-state index is 0.0815. The monoisotopic (exact) mass is 356 g/mol. The highest BCUT2D eigenvalue weighted by atomic mass is 32.1. The van der Waals surface area contributed by atoms with Gasteiger partial charge in [0.15, 0.2) is 5.11 Å². The smallest absolute Gasteiger partial charge is 0.170 e. The van der Waals surface area contributed by atoms with Crippen molar-refractivity contribution in [1.82, 2.24) is 5.32 Å². The summed E-state index contributed by atoms with van der Waals surface area (Å²) >= 11 is 5.46. The molecule has 134 valence electrons. The fraction of sp³-hybridized carbons (Fsp3) is 0.381. The van der Waals surface area contributed by atoms with E-state index in [-0.39, 0.29) is 11.5 Å². The first-order chi connectivity index (χ1) is 11.9. The minimum atomic E-state index is 0.0815. The van der Waals surface area contributed by atoms with Crippen molar-refractivity contribution < 1.29 is 4.74 Å². The molecule has 2 aromatic carbocycles. The quantitative estimate of drug-likeness (QED) is 0.674. The molecule has 0 heterocycles. The van der Waals surface area contributed by atoms with Crippen LogP contribution in [0.15, 0.2) is 54.6 Å². The number of hydrogen-bond acceptors (Lipinski definition) is 2. The highest BCUT2D eigenvalue weighted by Crippen LogP contribution is 2.28. The van der Waals surface area contributed by atoms with Crippen molar-refractivity contribution in [1.29, 1.82) is 0 Å². The third-order valence-corrected chi connectivity index (χ3v) is 4.37. The molecule has 0 spiro atoms. The second kappa shape index (κ2) is 8.86. The van der Waals surface area contributed by atoms with Gasteiger partial charge >= 0.3 is 0 Å². The van der Waals surface area contributed by atoms with Gasteiger partial charge in [-0.25, -0.2) is 0 Å². The van der Waals surface area contributed by atoms with Crippen LogP contribution in [-0.2, 0) is 5.41 Å². The lowest BCUT2D eigenvalue weighted by Crippen LogP contribution is -2.39. The fourth-order valence-electron chi connectivity index (χ4n) is 3.04. The Hall–Kier alpha value is -2.07. The molecule has 0 amide bonds. The molecule has 1 atom stereocenters. The van der Waals surface area contributed by atoms with Crippen LogP contribution >= 0.6 is 12.2 Å². The number of thiocarbonyl (C=S) groups is 1. The standard InChI is InChI=1S/C21H28N2OS/c1-5-24-19-13-9-12-18(14-19)23-20(25)22-16(2)15-21(3,4)17-10-7-6-8-11-17/h6-14,16H,5,15H2,1-4H3,(H2,22,23,25)/t16-/m1/s1. The lowest BCUT2D eigenvalue weighted by atomic mass is 9.79. The Morgan fingerprint density at radius 1 is 1.12 bits per heavy atom. The van der Waals surface area contributed by atoms with E-state index in [4.69, 9.17) is 17.0 Å². The zero-order valence-corrected chi connectivity index (χ0v) is 16.3. The molecular formula is C21H28N2OS. The summed E-state index contributed by atoms with van der Waals surface area (Å²) < 4.78 is 5.52. The predicted octanol–water partition coefficient (Wildman–Crippen LogP) is 5.13. The molecule has 0 bridgehead atoms. The van der Waals surface area contributed by atoms with Gasteiger partial charge in [0.1, 0.15) is 5.75 Å². The van der Waals surface area contributed by atoms with E-state index >= 15 is 0 Å². The first-order valence-electron chi connectivity index (χ1n) is 8.76. The maximum Gasteiger partial charge on any atom is 0.170 e. The van der Waals surface area contributed by atoms with E-state index in [9.17, 15) is 0 Å². The summed E-state index contributed by atoms with van der Waals surface area (Å²) in [7, 11) is 0. The van der Waals surface area contributed by atoms with Crippen molar-refractivity contribution >= 4 is 23.0 Å². The Kier molecular flexibility index (Phi) is 6.82. The Balaban J connectivity index is 1.90. The van der Waals surface area contributed by atoms with Gasteiger partial charge in [-0.05, 0) is 55.6 Å². The zero-order chi connectivity index (χ0) is 18.3. The van der Waals surface area contributed by atoms with Crippen LogP contribution in [0.3, 0.4) is 0 Å². The lowest BCUT2D eigenvalue weighted by molar-refractivity contribution is 0.340. The molecule has 0 aliphatic heterocycles. The van der Waals surface area contributed by atoms with Crippen LogP contribution < -0.4 is 15.4 Å². The summed E-state index contributed by atoms with van der Waals surface area (Å²) in [6, 6.07) is 18.7. The normalized spacial score (nSPS) is 12.3. The molecule has 3 nitrogen and oxygen atoms in total. The predicted molar refractivity (Wildman–Crippen MR) is 111 cm³/mol. The zero-order valence-electron chi connectivity index (χ0n) is 15.5. The van der Waals surface area contributed by atoms with E-state index in [1.165, 1.54) is 5.56 Å². The van der Waals surface area contributed by atoms with Crippen LogP contribution in [-0.4, -0.2) is 17.8 Å². The van der Waals surface area contributed by atoms with Gasteiger partial charge in [-0.1, -0.05) is 50.2 Å². The molecule has 0 aliphatic carbocycles. The molecule has 4 heteroatoms. The molecule has 0 saturated heterocycles. The second-order valence-corrected chi connectivity index (χ2v) is 7.32. The van der Waals surface area contributed by atoms with Gasteiger partial charge in [0.25, 0.3) is 0 Å². The molecule has 2 aromatic rings. The van der Waals surface area contributed by atoms with Gasteiger partial charge in [0, 0.05) is 17.8 Å². The third-order valence-electron chi connectivity index (χ3n) is 4.15. The summed E-state index contributed by atoms with van der Waals surface area (Å²) in [5.41, 5.74) is 2.35. The molecule has 0 saturated carbocycles. The van der Waals surface area contributed by atoms with E-state index in [2.05, 4.69) is 61.7 Å². The van der Waals surface area contributed by atoms with Gasteiger partial charge in [-0.2, -0.15) is 0 Å². The van der Waals surface area contributed by atoms with Gasteiger partial charge in [0.05, 0.1) is 6.61 Å². The largest absolute Gasteiger partial charge is 0.494 e. The Bertz CT molecular complexity index is 685. The first kappa shape index (κ1) is 19.3. The molecule has 0 fully saturated rings. The topological polar surface area (TPSA) is 33.3 Å². The van der Waals surface area contributed by atoms with E-state index in [0.717, 1.165) is 17.9 Å². The number of hydrogen-bond donors (Lipinski definition) is 2. The number of rotatable bonds is 7. The molecule has 2 N–H and O–H groups in total. The summed E-state index contributed by atoms with van der Waals surface area (Å²) in [5, 5.41) is 7.25. The van der Waals surface area contributed by atoms with Gasteiger partial charge < -0.3 is 15.4 Å². The lowest BCUT2D eigenvalue weighted by Gasteiger charge is -2.29. The van der Waals surface area contributed by atoms with Gasteiger partial charge in [-0.15, -0.1) is 0 Å². The first-order valence-corrected chi connectivity index (χ1v) is 9.17. The average molecular weight is 357 g/mol. The maximum atomic E-state index is 5.52. The highest BCUT2D eigenvalue weighted by Gasteiger charge is 2.23. The summed E-state index contributed by atoms with van der Waals surface area (Å²) in [4.78, 5) is 0. The van der Waals surface area contributed by atoms with Crippen molar-refractivity contribution in [3.63, 3.8) is 0 Å². The van der Waals surface area contributed by atoms with Crippen molar-refractivity contribution in [2.24, 2.45) is 0 Å². The third kappa shape index (κ3) is 6.05. The van der Waals surface area contributed by atoms with Crippen LogP contribution in [0.2, 0.25) is 0 Å². The number of anilines is 1. The van der Waals surface area contributed by atoms with Crippen LogP contribution in [0.1, 0.15) is 39.7 Å². The van der Waals surface area contributed by atoms with Crippen molar-refractivity contribution in [3.8, 4) is 5.75 Å². The highest BCUT2D eigenvalue weighted by molar-refractivity contribution is 7.80. The Morgan fingerprint density at radius 2 is 1.84 bits per heavy atom. The van der Waals surface area contributed by atoms with Crippen LogP contribution in [0, 0.1) is 0 Å². The molecular weight excluding hydrogens is 328 g/mol. The summed E-state index contributed by atoms with van der Waals surface area (Å²) in [6.45, 7) is 9.32. The number of benzene rings is 2. The van der Waals surface area contributed by atoms with Crippen LogP contribution in [0.25, 0.3) is 0 Å². The molecule has 2 rings (SSSR count). The fourth-order valence-corrected chi connectivity index (χ4v) is 3.36. The molecule has 25 heavy (non-hydrogen) atoms. The van der Waals surface area contributed by atoms with Crippen molar-refractivity contribution in [3.05, 3.63) is 60.2 Å². The van der Waals surface area contributed by atoms with E-state index in [0.29, 0.717) is 11.7 Å². The van der Waals surface area contributed by atoms with E-state index < -0.39 is 0 Å². The molecule has 0 radical (unpaired) electrons. The maximum absolute atomic E-state index is 5.52. The van der Waals surface area contributed by atoms with Gasteiger partial charge in [-0.3, -0.25) is 0 Å². The van der Waals surface area contributed by atoms with Crippen molar-refractivity contribution in [2.45, 2.75) is 45.6 Å². The molecule has 0 aliphatic rings. The second-order valence-electron chi connectivity index (χ2n) is 6.91. The Morgan fingerprint density at radius 3 is 2.52 bits per heavy atom. The van der Waals surface area contributed by atoms with Crippen molar-refractivity contribution in [2.75, 3.05) is 11.9 Å². The van der Waals surface area contributed by atoms with Crippen LogP contribution in [0.4, 0.5) is 5.69 Å². The SMILES string of the molecule is CCOc1cccc(NC(=S)N[C@H](C)CC(C)(C)c2ccccc2)c1. The number of nitrogens with one attached hydrogen (secondary N) is 2. The average Bonchev–Trinajstić information content (AvgIpc) is 2.55. The molecule has 0 unspecified atom stereocenters. The Labute approximate surface area is 156 Å². The van der Waals surface area contributed by atoms with E-state index in [1.54, 1.807) is 0 Å². The minimum Gasteiger partial charge on any atom is -0.494 e. The summed E-state index contributed by atoms with van der Waals surface area (Å²) in [6.07, 6.45) is 0.984. The summed E-state index contributed by atoms with van der Waals surface area (Å²) in [5.74, 6) is 0.841. The van der Waals surface area contributed by atoms with Crippen LogP contribution in [0.5, 0.6) is 5.75 Å². The van der Waals surface area contributed by atoms with E-state index in [1.807, 2.05) is 31.2 Å².